The maximum absolute atomic E-state index is 11.6. The summed E-state index contributed by atoms with van der Waals surface area (Å²) in [7, 11) is -4.09. The van der Waals surface area contributed by atoms with Gasteiger partial charge < -0.3 is 0 Å². The highest BCUT2D eigenvalue weighted by atomic mass is 32.2. The largest absolute Gasteiger partial charge is 0.300 e. The maximum Gasteiger partial charge on any atom is 0.268 e. The molecular formula is C13H26O4S. The van der Waals surface area contributed by atoms with Crippen molar-refractivity contribution in [2.24, 2.45) is 0 Å². The van der Waals surface area contributed by atoms with Gasteiger partial charge in [0.05, 0.1) is 5.25 Å². The monoisotopic (exact) mass is 278 g/mol. The van der Waals surface area contributed by atoms with E-state index in [4.69, 9.17) is 4.55 Å². The molecule has 0 heterocycles. The van der Waals surface area contributed by atoms with Crippen LogP contribution >= 0.6 is 0 Å². The van der Waals surface area contributed by atoms with E-state index < -0.39 is 15.4 Å². The number of hydrogen-bond acceptors (Lipinski definition) is 3. The molecule has 1 N–H and O–H groups in total. The molecule has 0 aromatic rings. The molecule has 0 aliphatic rings. The first kappa shape index (κ1) is 17.6. The Bertz CT molecular complexity index is 322. The van der Waals surface area contributed by atoms with Gasteiger partial charge in [0.2, 0.25) is 0 Å². The Labute approximate surface area is 111 Å². The molecule has 0 aliphatic heterocycles. The van der Waals surface area contributed by atoms with Crippen LogP contribution in [0, 0.1) is 0 Å². The van der Waals surface area contributed by atoms with Crippen molar-refractivity contribution in [3.63, 3.8) is 0 Å². The highest BCUT2D eigenvalue weighted by molar-refractivity contribution is 7.86. The molecule has 18 heavy (non-hydrogen) atoms. The number of Topliss-reactive ketones (excluding diaryl/α,β-unsaturated/α-hetero) is 1. The lowest BCUT2D eigenvalue weighted by Crippen LogP contribution is -2.24. The second-order valence-electron chi connectivity index (χ2n) is 4.83. The molecule has 1 unspecified atom stereocenters. The number of ketones is 1. The normalized spacial score (nSPS) is 13.5. The van der Waals surface area contributed by atoms with Crippen LogP contribution in [0.25, 0.3) is 0 Å². The lowest BCUT2D eigenvalue weighted by molar-refractivity contribution is -0.119. The van der Waals surface area contributed by atoms with Gasteiger partial charge in [0, 0.05) is 12.8 Å². The molecule has 0 amide bonds. The van der Waals surface area contributed by atoms with Gasteiger partial charge in [-0.2, -0.15) is 8.42 Å². The lowest BCUT2D eigenvalue weighted by atomic mass is 10.0. The van der Waals surface area contributed by atoms with E-state index in [1.54, 1.807) is 0 Å². The second-order valence-corrected chi connectivity index (χ2v) is 6.53. The van der Waals surface area contributed by atoms with Crippen LogP contribution in [0.5, 0.6) is 0 Å². The molecule has 0 rings (SSSR count). The van der Waals surface area contributed by atoms with Crippen LogP contribution in [0.3, 0.4) is 0 Å². The summed E-state index contributed by atoms with van der Waals surface area (Å²) in [5.74, 6) is -0.0532. The molecule has 0 aliphatic carbocycles. The SMILES string of the molecule is CCCCCC(=O)CC(CCCCC)S(=O)(=O)O. The average molecular weight is 278 g/mol. The third-order valence-electron chi connectivity index (χ3n) is 3.07. The van der Waals surface area contributed by atoms with E-state index in [-0.39, 0.29) is 12.2 Å². The summed E-state index contributed by atoms with van der Waals surface area (Å²) in [5.41, 5.74) is 0. The Morgan fingerprint density at radius 1 is 1.06 bits per heavy atom. The molecule has 0 aromatic carbocycles. The van der Waals surface area contributed by atoms with Crippen molar-refractivity contribution < 1.29 is 17.8 Å². The average Bonchev–Trinajstić information content (AvgIpc) is 2.27. The fourth-order valence-corrected chi connectivity index (χ4v) is 2.77. The Hall–Kier alpha value is -0.420. The first-order valence-corrected chi connectivity index (χ1v) is 8.40. The summed E-state index contributed by atoms with van der Waals surface area (Å²) in [6.07, 6.45) is 6.25. The van der Waals surface area contributed by atoms with Gasteiger partial charge in [0.1, 0.15) is 5.78 Å². The molecule has 108 valence electrons. The van der Waals surface area contributed by atoms with E-state index in [0.29, 0.717) is 12.8 Å². The Balaban J connectivity index is 4.19. The number of carbonyl (C=O) groups excluding carboxylic acids is 1. The van der Waals surface area contributed by atoms with Gasteiger partial charge in [0.25, 0.3) is 10.1 Å². The molecule has 0 saturated heterocycles. The van der Waals surface area contributed by atoms with E-state index in [0.717, 1.165) is 38.5 Å². The van der Waals surface area contributed by atoms with Crippen molar-refractivity contribution in [3.05, 3.63) is 0 Å². The Kier molecular flexibility index (Phi) is 9.28. The first-order chi connectivity index (χ1) is 8.41. The highest BCUT2D eigenvalue weighted by Gasteiger charge is 2.25. The molecule has 5 heteroatoms. The van der Waals surface area contributed by atoms with E-state index in [1.807, 2.05) is 6.92 Å². The smallest absolute Gasteiger partial charge is 0.268 e. The van der Waals surface area contributed by atoms with Crippen LogP contribution in [0.2, 0.25) is 0 Å². The van der Waals surface area contributed by atoms with Gasteiger partial charge >= 0.3 is 0 Å². The zero-order valence-electron chi connectivity index (χ0n) is 11.5. The minimum Gasteiger partial charge on any atom is -0.300 e. The van der Waals surface area contributed by atoms with E-state index in [1.165, 1.54) is 0 Å². The summed E-state index contributed by atoms with van der Waals surface area (Å²) in [4.78, 5) is 11.6. The van der Waals surface area contributed by atoms with Crippen LogP contribution in [0.4, 0.5) is 0 Å². The third-order valence-corrected chi connectivity index (χ3v) is 4.31. The number of rotatable bonds is 11. The van der Waals surface area contributed by atoms with Gasteiger partial charge in [-0.1, -0.05) is 46.0 Å². The number of carbonyl (C=O) groups is 1. The van der Waals surface area contributed by atoms with Crippen LogP contribution in [0.1, 0.15) is 71.6 Å². The number of unbranched alkanes of at least 4 members (excludes halogenated alkanes) is 4. The summed E-state index contributed by atoms with van der Waals surface area (Å²) in [5, 5.41) is -0.904. The van der Waals surface area contributed by atoms with E-state index in [9.17, 15) is 13.2 Å². The lowest BCUT2D eigenvalue weighted by Gasteiger charge is -2.12. The van der Waals surface area contributed by atoms with Crippen molar-refractivity contribution in [2.45, 2.75) is 76.9 Å². The van der Waals surface area contributed by atoms with Crippen molar-refractivity contribution in [1.29, 1.82) is 0 Å². The zero-order chi connectivity index (χ0) is 14.0. The molecule has 0 saturated carbocycles. The van der Waals surface area contributed by atoms with E-state index in [2.05, 4.69) is 6.92 Å². The summed E-state index contributed by atoms with van der Waals surface area (Å²) in [6, 6.07) is 0. The van der Waals surface area contributed by atoms with Gasteiger partial charge in [-0.3, -0.25) is 9.35 Å². The first-order valence-electron chi connectivity index (χ1n) is 6.89. The highest BCUT2D eigenvalue weighted by Crippen LogP contribution is 2.16. The second kappa shape index (κ2) is 9.50. The minimum absolute atomic E-state index is 0.0355. The minimum atomic E-state index is -4.09. The number of hydrogen-bond donors (Lipinski definition) is 1. The van der Waals surface area contributed by atoms with E-state index >= 15 is 0 Å². The molecule has 0 bridgehead atoms. The van der Waals surface area contributed by atoms with Gasteiger partial charge in [0.15, 0.2) is 0 Å². The summed E-state index contributed by atoms with van der Waals surface area (Å²) >= 11 is 0. The van der Waals surface area contributed by atoms with Crippen LogP contribution < -0.4 is 0 Å². The quantitative estimate of drug-likeness (QED) is 0.464. The molecule has 4 nitrogen and oxygen atoms in total. The molecule has 0 radical (unpaired) electrons. The predicted octanol–water partition coefficient (Wildman–Crippen LogP) is 3.36. The third kappa shape index (κ3) is 8.64. The topological polar surface area (TPSA) is 71.4 Å². The van der Waals surface area contributed by atoms with Crippen molar-refractivity contribution in [1.82, 2.24) is 0 Å². The fraction of sp³-hybridized carbons (Fsp3) is 0.923. The molecular weight excluding hydrogens is 252 g/mol. The van der Waals surface area contributed by atoms with Gasteiger partial charge in [-0.15, -0.1) is 0 Å². The van der Waals surface area contributed by atoms with Crippen molar-refractivity contribution in [2.75, 3.05) is 0 Å². The van der Waals surface area contributed by atoms with Crippen LogP contribution in [-0.2, 0) is 14.9 Å². The Morgan fingerprint density at radius 2 is 1.61 bits per heavy atom. The summed E-state index contributed by atoms with van der Waals surface area (Å²) < 4.78 is 31.5. The summed E-state index contributed by atoms with van der Waals surface area (Å²) in [6.45, 7) is 4.08. The molecule has 1 atom stereocenters. The molecule has 0 aromatic heterocycles. The predicted molar refractivity (Wildman–Crippen MR) is 73.2 cm³/mol. The molecule has 0 spiro atoms. The van der Waals surface area contributed by atoms with Crippen LogP contribution in [0.15, 0.2) is 0 Å². The standard InChI is InChI=1S/C13H26O4S/c1-3-5-7-9-12(14)11-13(18(15,16)17)10-8-6-4-2/h13H,3-11H2,1-2H3,(H,15,16,17). The fourth-order valence-electron chi connectivity index (χ4n) is 1.91. The van der Waals surface area contributed by atoms with Crippen LogP contribution in [-0.4, -0.2) is 24.0 Å². The van der Waals surface area contributed by atoms with Gasteiger partial charge in [-0.05, 0) is 12.8 Å². The van der Waals surface area contributed by atoms with Crippen molar-refractivity contribution in [3.8, 4) is 0 Å². The van der Waals surface area contributed by atoms with Gasteiger partial charge in [-0.25, -0.2) is 0 Å². The Morgan fingerprint density at radius 3 is 2.11 bits per heavy atom. The van der Waals surface area contributed by atoms with Crippen molar-refractivity contribution >= 4 is 15.9 Å². The zero-order valence-corrected chi connectivity index (χ0v) is 12.3. The maximum atomic E-state index is 11.6. The molecule has 0 fully saturated rings.